The average Bonchev–Trinajstić information content (AvgIpc) is 2.52. The van der Waals surface area contributed by atoms with Crippen molar-refractivity contribution in [3.05, 3.63) is 16.8 Å². The minimum absolute atomic E-state index is 0.0423. The van der Waals surface area contributed by atoms with Crippen molar-refractivity contribution in [3.63, 3.8) is 0 Å². The van der Waals surface area contributed by atoms with Crippen LogP contribution in [-0.2, 0) is 10.0 Å². The minimum atomic E-state index is -3.27. The maximum atomic E-state index is 11.2. The minimum Gasteiger partial charge on any atom is -0.396 e. The van der Waals surface area contributed by atoms with Crippen LogP contribution in [0.5, 0.6) is 0 Å². The van der Waals surface area contributed by atoms with Crippen LogP contribution in [0.2, 0.25) is 0 Å². The van der Waals surface area contributed by atoms with Crippen LogP contribution in [0.15, 0.2) is 16.8 Å². The van der Waals surface area contributed by atoms with Gasteiger partial charge in [0.15, 0.2) is 0 Å². The predicted molar refractivity (Wildman–Crippen MR) is 53.4 cm³/mol. The SMILES string of the molecule is O=S(=O)(CCCO)Nc1ccsc1. The van der Waals surface area contributed by atoms with Crippen molar-refractivity contribution in [2.45, 2.75) is 6.42 Å². The van der Waals surface area contributed by atoms with Crippen LogP contribution in [0.25, 0.3) is 0 Å². The number of thiophene rings is 1. The average molecular weight is 221 g/mol. The zero-order valence-electron chi connectivity index (χ0n) is 6.93. The molecule has 74 valence electrons. The lowest BCUT2D eigenvalue weighted by Crippen LogP contribution is -2.16. The summed E-state index contributed by atoms with van der Waals surface area (Å²) in [5.74, 6) is -0.0423. The molecule has 0 aliphatic rings. The van der Waals surface area contributed by atoms with Gasteiger partial charge >= 0.3 is 0 Å². The normalized spacial score (nSPS) is 11.5. The third-order valence-corrected chi connectivity index (χ3v) is 3.42. The molecular weight excluding hydrogens is 210 g/mol. The van der Waals surface area contributed by atoms with E-state index in [1.54, 1.807) is 16.8 Å². The van der Waals surface area contributed by atoms with Gasteiger partial charge < -0.3 is 5.11 Å². The summed E-state index contributed by atoms with van der Waals surface area (Å²) in [5.41, 5.74) is 0.586. The van der Waals surface area contributed by atoms with Crippen LogP contribution < -0.4 is 4.72 Å². The Kier molecular flexibility index (Phi) is 3.71. The van der Waals surface area contributed by atoms with Gasteiger partial charge in [-0.1, -0.05) is 0 Å². The van der Waals surface area contributed by atoms with E-state index < -0.39 is 10.0 Å². The molecule has 4 nitrogen and oxygen atoms in total. The molecule has 13 heavy (non-hydrogen) atoms. The molecule has 0 saturated carbocycles. The first-order chi connectivity index (χ1) is 6.14. The highest BCUT2D eigenvalue weighted by Gasteiger charge is 2.09. The molecule has 0 radical (unpaired) electrons. The van der Waals surface area contributed by atoms with Crippen LogP contribution >= 0.6 is 11.3 Å². The second kappa shape index (κ2) is 4.59. The summed E-state index contributed by atoms with van der Waals surface area (Å²) in [4.78, 5) is 0. The molecule has 0 aromatic carbocycles. The predicted octanol–water partition coefficient (Wildman–Crippen LogP) is 0.872. The van der Waals surface area contributed by atoms with E-state index in [0.717, 1.165) is 0 Å². The van der Waals surface area contributed by atoms with Crippen molar-refractivity contribution < 1.29 is 13.5 Å². The molecule has 2 N–H and O–H groups in total. The van der Waals surface area contributed by atoms with Crippen LogP contribution in [0.4, 0.5) is 5.69 Å². The summed E-state index contributed by atoms with van der Waals surface area (Å²) in [5, 5.41) is 12.0. The number of aliphatic hydroxyl groups excluding tert-OH is 1. The second-order valence-electron chi connectivity index (χ2n) is 2.51. The summed E-state index contributed by atoms with van der Waals surface area (Å²) in [6, 6.07) is 1.70. The molecule has 1 aromatic rings. The number of hydrogen-bond donors (Lipinski definition) is 2. The van der Waals surface area contributed by atoms with E-state index in [1.807, 2.05) is 0 Å². The van der Waals surface area contributed by atoms with Gasteiger partial charge in [-0.3, -0.25) is 4.72 Å². The van der Waals surface area contributed by atoms with Gasteiger partial charge in [0.25, 0.3) is 0 Å². The summed E-state index contributed by atoms with van der Waals surface area (Å²) in [6.45, 7) is -0.107. The summed E-state index contributed by atoms with van der Waals surface area (Å²) >= 11 is 1.43. The topological polar surface area (TPSA) is 66.4 Å². The van der Waals surface area contributed by atoms with Crippen molar-refractivity contribution in [2.75, 3.05) is 17.1 Å². The highest BCUT2D eigenvalue weighted by molar-refractivity contribution is 7.92. The maximum Gasteiger partial charge on any atom is 0.232 e. The van der Waals surface area contributed by atoms with Crippen LogP contribution in [0, 0.1) is 0 Å². The Bertz CT molecular complexity index is 331. The standard InChI is InChI=1S/C7H11NO3S2/c9-3-1-5-13(10,11)8-7-2-4-12-6-7/h2,4,6,8-9H,1,3,5H2. The lowest BCUT2D eigenvalue weighted by Gasteiger charge is -2.03. The Hall–Kier alpha value is -0.590. The maximum absolute atomic E-state index is 11.2. The molecule has 0 spiro atoms. The molecule has 0 bridgehead atoms. The smallest absolute Gasteiger partial charge is 0.232 e. The van der Waals surface area contributed by atoms with Gasteiger partial charge in [-0.05, 0) is 17.9 Å². The van der Waals surface area contributed by atoms with Gasteiger partial charge in [0.1, 0.15) is 0 Å². The Labute approximate surface area is 81.3 Å². The fraction of sp³-hybridized carbons (Fsp3) is 0.429. The van der Waals surface area contributed by atoms with Crippen LogP contribution in [0.3, 0.4) is 0 Å². The van der Waals surface area contributed by atoms with Crippen molar-refractivity contribution in [1.82, 2.24) is 0 Å². The number of nitrogens with one attached hydrogen (secondary N) is 1. The number of rotatable bonds is 5. The largest absolute Gasteiger partial charge is 0.396 e. The molecule has 1 rings (SSSR count). The molecule has 1 heterocycles. The van der Waals surface area contributed by atoms with Gasteiger partial charge in [-0.2, -0.15) is 11.3 Å². The quantitative estimate of drug-likeness (QED) is 0.775. The third-order valence-electron chi connectivity index (χ3n) is 1.37. The van der Waals surface area contributed by atoms with Crippen molar-refractivity contribution in [1.29, 1.82) is 0 Å². The van der Waals surface area contributed by atoms with E-state index in [9.17, 15) is 8.42 Å². The Morgan fingerprint density at radius 3 is 2.85 bits per heavy atom. The van der Waals surface area contributed by atoms with Gasteiger partial charge in [0.2, 0.25) is 10.0 Å². The van der Waals surface area contributed by atoms with Gasteiger partial charge in [0.05, 0.1) is 11.4 Å². The molecule has 0 unspecified atom stereocenters. The van der Waals surface area contributed by atoms with E-state index >= 15 is 0 Å². The van der Waals surface area contributed by atoms with E-state index in [1.165, 1.54) is 11.3 Å². The highest BCUT2D eigenvalue weighted by atomic mass is 32.2. The zero-order chi connectivity index (χ0) is 9.73. The van der Waals surface area contributed by atoms with Crippen LogP contribution in [-0.4, -0.2) is 25.9 Å². The summed E-state index contributed by atoms with van der Waals surface area (Å²) in [7, 11) is -3.27. The summed E-state index contributed by atoms with van der Waals surface area (Å²) in [6.07, 6.45) is 0.263. The fourth-order valence-corrected chi connectivity index (χ4v) is 2.57. The molecule has 6 heteroatoms. The van der Waals surface area contributed by atoms with Crippen LogP contribution in [0.1, 0.15) is 6.42 Å². The molecule has 0 saturated heterocycles. The molecular formula is C7H11NO3S2. The lowest BCUT2D eigenvalue weighted by molar-refractivity contribution is 0.295. The number of hydrogen-bond acceptors (Lipinski definition) is 4. The van der Waals surface area contributed by atoms with Crippen molar-refractivity contribution in [3.8, 4) is 0 Å². The number of anilines is 1. The van der Waals surface area contributed by atoms with E-state index in [2.05, 4.69) is 4.72 Å². The molecule has 1 aromatic heterocycles. The summed E-state index contributed by atoms with van der Waals surface area (Å²) < 4.78 is 24.9. The first-order valence-corrected chi connectivity index (χ1v) is 6.37. The van der Waals surface area contributed by atoms with Gasteiger partial charge in [-0.15, -0.1) is 0 Å². The molecule has 0 atom stereocenters. The fourth-order valence-electron chi connectivity index (χ4n) is 0.808. The van der Waals surface area contributed by atoms with E-state index in [4.69, 9.17) is 5.11 Å². The Balaban J connectivity index is 2.53. The lowest BCUT2D eigenvalue weighted by atomic mass is 10.5. The monoisotopic (exact) mass is 221 g/mol. The Morgan fingerprint density at radius 2 is 2.31 bits per heavy atom. The highest BCUT2D eigenvalue weighted by Crippen LogP contribution is 2.13. The van der Waals surface area contributed by atoms with E-state index in [0.29, 0.717) is 5.69 Å². The zero-order valence-corrected chi connectivity index (χ0v) is 8.57. The first kappa shape index (κ1) is 10.5. The Morgan fingerprint density at radius 1 is 1.54 bits per heavy atom. The second-order valence-corrected chi connectivity index (χ2v) is 5.13. The van der Waals surface area contributed by atoms with Crippen molar-refractivity contribution in [2.24, 2.45) is 0 Å². The molecule has 0 aliphatic carbocycles. The van der Waals surface area contributed by atoms with Gasteiger partial charge in [0, 0.05) is 12.0 Å². The molecule has 0 aliphatic heterocycles. The van der Waals surface area contributed by atoms with Crippen molar-refractivity contribution >= 4 is 27.0 Å². The first-order valence-electron chi connectivity index (χ1n) is 3.77. The molecule has 0 fully saturated rings. The van der Waals surface area contributed by atoms with E-state index in [-0.39, 0.29) is 18.8 Å². The number of aliphatic hydroxyl groups is 1. The van der Waals surface area contributed by atoms with Gasteiger partial charge in [-0.25, -0.2) is 8.42 Å². The molecule has 0 amide bonds. The number of sulfonamides is 1. The third kappa shape index (κ3) is 3.75.